The smallest absolute Gasteiger partial charge is 0.204 e. The van der Waals surface area contributed by atoms with Gasteiger partial charge in [-0.1, -0.05) is 6.07 Å². The molecule has 0 radical (unpaired) electrons. The number of aryl methyl sites for hydroxylation is 1. The van der Waals surface area contributed by atoms with Crippen molar-refractivity contribution < 1.29 is 19.0 Å². The first-order chi connectivity index (χ1) is 11.2. The van der Waals surface area contributed by atoms with Crippen molar-refractivity contribution in [1.29, 1.82) is 0 Å². The standard InChI is InChI=1S/C16H17N3O4/c1-10-7-8-13(23-10)16-18-17-14(9-20)19(16)15-11(21-2)5-4-6-12(15)22-3/h4-8,20H,9H2,1-3H3. The van der Waals surface area contributed by atoms with Gasteiger partial charge in [0.25, 0.3) is 0 Å². The van der Waals surface area contributed by atoms with E-state index in [0.29, 0.717) is 34.6 Å². The molecule has 7 heteroatoms. The van der Waals surface area contributed by atoms with E-state index in [4.69, 9.17) is 13.9 Å². The maximum absolute atomic E-state index is 9.64. The normalized spacial score (nSPS) is 10.8. The van der Waals surface area contributed by atoms with Gasteiger partial charge in [-0.3, -0.25) is 4.57 Å². The molecule has 7 nitrogen and oxygen atoms in total. The Morgan fingerprint density at radius 2 is 1.78 bits per heavy atom. The molecule has 2 aromatic heterocycles. The number of nitrogens with zero attached hydrogens (tertiary/aromatic N) is 3. The van der Waals surface area contributed by atoms with Crippen LogP contribution in [0.2, 0.25) is 0 Å². The Bertz CT molecular complexity index is 800. The Kier molecular flexibility index (Phi) is 4.03. The maximum Gasteiger partial charge on any atom is 0.204 e. The summed E-state index contributed by atoms with van der Waals surface area (Å²) in [6.07, 6.45) is 0. The summed E-state index contributed by atoms with van der Waals surface area (Å²) in [7, 11) is 3.13. The molecule has 0 bridgehead atoms. The highest BCUT2D eigenvalue weighted by molar-refractivity contribution is 5.63. The molecule has 0 spiro atoms. The lowest BCUT2D eigenvalue weighted by Crippen LogP contribution is -2.07. The molecule has 1 aromatic carbocycles. The van der Waals surface area contributed by atoms with Crippen LogP contribution in [0.25, 0.3) is 17.3 Å². The van der Waals surface area contributed by atoms with Gasteiger partial charge in [0, 0.05) is 0 Å². The molecule has 0 aliphatic heterocycles. The molecule has 0 aliphatic rings. The van der Waals surface area contributed by atoms with Gasteiger partial charge in [-0.15, -0.1) is 10.2 Å². The molecule has 3 aromatic rings. The highest BCUT2D eigenvalue weighted by Crippen LogP contribution is 2.36. The molecule has 0 aliphatic carbocycles. The van der Waals surface area contributed by atoms with E-state index >= 15 is 0 Å². The van der Waals surface area contributed by atoms with Crippen LogP contribution in [0, 0.1) is 6.92 Å². The molecule has 1 N–H and O–H groups in total. The van der Waals surface area contributed by atoms with E-state index in [2.05, 4.69) is 10.2 Å². The zero-order valence-electron chi connectivity index (χ0n) is 13.1. The summed E-state index contributed by atoms with van der Waals surface area (Å²) in [5.74, 6) is 3.27. The quantitative estimate of drug-likeness (QED) is 0.778. The molecule has 2 heterocycles. The van der Waals surface area contributed by atoms with Crippen LogP contribution in [0.5, 0.6) is 11.5 Å². The van der Waals surface area contributed by atoms with Crippen molar-refractivity contribution in [1.82, 2.24) is 14.8 Å². The predicted molar refractivity (Wildman–Crippen MR) is 82.8 cm³/mol. The van der Waals surface area contributed by atoms with E-state index in [1.807, 2.05) is 19.1 Å². The van der Waals surface area contributed by atoms with Crippen LogP contribution in [0.15, 0.2) is 34.7 Å². The lowest BCUT2D eigenvalue weighted by Gasteiger charge is -2.16. The number of ether oxygens (including phenoxy) is 2. The minimum absolute atomic E-state index is 0.284. The third kappa shape index (κ3) is 2.55. The summed E-state index contributed by atoms with van der Waals surface area (Å²) in [4.78, 5) is 0. The van der Waals surface area contributed by atoms with Crippen LogP contribution in [-0.2, 0) is 6.61 Å². The molecule has 0 atom stereocenters. The van der Waals surface area contributed by atoms with Gasteiger partial charge in [-0.2, -0.15) is 0 Å². The van der Waals surface area contributed by atoms with Crippen LogP contribution in [0.3, 0.4) is 0 Å². The van der Waals surface area contributed by atoms with Crippen LogP contribution in [0.4, 0.5) is 0 Å². The lowest BCUT2D eigenvalue weighted by atomic mass is 10.2. The van der Waals surface area contributed by atoms with Gasteiger partial charge >= 0.3 is 0 Å². The first kappa shape index (κ1) is 15.1. The molecular formula is C16H17N3O4. The lowest BCUT2D eigenvalue weighted by molar-refractivity contribution is 0.268. The van der Waals surface area contributed by atoms with Crippen molar-refractivity contribution in [3.63, 3.8) is 0 Å². The van der Waals surface area contributed by atoms with Crippen LogP contribution in [0.1, 0.15) is 11.6 Å². The number of aromatic nitrogens is 3. The summed E-state index contributed by atoms with van der Waals surface area (Å²) < 4.78 is 18.2. The number of aliphatic hydroxyl groups excluding tert-OH is 1. The first-order valence-electron chi connectivity index (χ1n) is 7.03. The fourth-order valence-corrected chi connectivity index (χ4v) is 2.42. The van der Waals surface area contributed by atoms with Crippen LogP contribution in [-0.4, -0.2) is 34.1 Å². The molecular weight excluding hydrogens is 298 g/mol. The van der Waals surface area contributed by atoms with Crippen molar-refractivity contribution in [2.45, 2.75) is 13.5 Å². The second-order valence-corrected chi connectivity index (χ2v) is 4.85. The average Bonchev–Trinajstić information content (AvgIpc) is 3.19. The number of hydrogen-bond acceptors (Lipinski definition) is 6. The number of para-hydroxylation sites is 1. The molecule has 3 rings (SSSR count). The second kappa shape index (κ2) is 6.13. The van der Waals surface area contributed by atoms with Gasteiger partial charge in [0.05, 0.1) is 14.2 Å². The van der Waals surface area contributed by atoms with Crippen molar-refractivity contribution >= 4 is 0 Å². The van der Waals surface area contributed by atoms with E-state index in [1.165, 1.54) is 0 Å². The molecule has 120 valence electrons. The minimum Gasteiger partial charge on any atom is -0.494 e. The zero-order valence-corrected chi connectivity index (χ0v) is 13.1. The van der Waals surface area contributed by atoms with E-state index in [-0.39, 0.29) is 6.61 Å². The first-order valence-corrected chi connectivity index (χ1v) is 7.03. The number of hydrogen-bond donors (Lipinski definition) is 1. The van der Waals surface area contributed by atoms with Gasteiger partial charge < -0.3 is 19.0 Å². The molecule has 0 fully saturated rings. The average molecular weight is 315 g/mol. The molecule has 0 unspecified atom stereocenters. The number of aliphatic hydroxyl groups is 1. The fourth-order valence-electron chi connectivity index (χ4n) is 2.42. The number of benzene rings is 1. The summed E-state index contributed by atoms with van der Waals surface area (Å²) in [6.45, 7) is 1.56. The molecule has 0 amide bonds. The van der Waals surface area contributed by atoms with Crippen molar-refractivity contribution in [3.8, 4) is 28.8 Å². The van der Waals surface area contributed by atoms with Crippen LogP contribution >= 0.6 is 0 Å². The highest BCUT2D eigenvalue weighted by Gasteiger charge is 2.23. The Hall–Kier alpha value is -2.80. The third-order valence-corrected chi connectivity index (χ3v) is 3.46. The van der Waals surface area contributed by atoms with E-state index in [1.54, 1.807) is 37.0 Å². The van der Waals surface area contributed by atoms with Gasteiger partial charge in [0.1, 0.15) is 29.6 Å². The summed E-state index contributed by atoms with van der Waals surface area (Å²) >= 11 is 0. The second-order valence-electron chi connectivity index (χ2n) is 4.85. The van der Waals surface area contributed by atoms with Crippen molar-refractivity contribution in [2.24, 2.45) is 0 Å². The predicted octanol–water partition coefficient (Wildman–Crippen LogP) is 2.35. The molecule has 0 saturated heterocycles. The largest absolute Gasteiger partial charge is 0.494 e. The van der Waals surface area contributed by atoms with Crippen LogP contribution < -0.4 is 9.47 Å². The van der Waals surface area contributed by atoms with E-state index < -0.39 is 0 Å². The third-order valence-electron chi connectivity index (χ3n) is 3.46. The Morgan fingerprint density at radius 1 is 1.09 bits per heavy atom. The maximum atomic E-state index is 9.64. The Morgan fingerprint density at radius 3 is 2.30 bits per heavy atom. The molecule has 23 heavy (non-hydrogen) atoms. The van der Waals surface area contributed by atoms with Crippen molar-refractivity contribution in [2.75, 3.05) is 14.2 Å². The summed E-state index contributed by atoms with van der Waals surface area (Å²) in [5, 5.41) is 17.8. The van der Waals surface area contributed by atoms with E-state index in [9.17, 15) is 5.11 Å². The molecule has 0 saturated carbocycles. The SMILES string of the molecule is COc1cccc(OC)c1-n1c(CO)nnc1-c1ccc(C)o1. The van der Waals surface area contributed by atoms with E-state index in [0.717, 1.165) is 5.76 Å². The van der Waals surface area contributed by atoms with Gasteiger partial charge in [-0.05, 0) is 31.2 Å². The fraction of sp³-hybridized carbons (Fsp3) is 0.250. The Labute approximate surface area is 133 Å². The monoisotopic (exact) mass is 315 g/mol. The Balaban J connectivity index is 2.30. The zero-order chi connectivity index (χ0) is 16.4. The highest BCUT2D eigenvalue weighted by atomic mass is 16.5. The summed E-state index contributed by atoms with van der Waals surface area (Å²) in [6, 6.07) is 9.07. The number of methoxy groups -OCH3 is 2. The number of furan rings is 1. The minimum atomic E-state index is -0.284. The van der Waals surface area contributed by atoms with Gasteiger partial charge in [0.2, 0.25) is 5.82 Å². The number of rotatable bonds is 5. The van der Waals surface area contributed by atoms with Gasteiger partial charge in [-0.25, -0.2) is 0 Å². The topological polar surface area (TPSA) is 82.5 Å². The van der Waals surface area contributed by atoms with Gasteiger partial charge in [0.15, 0.2) is 11.6 Å². The summed E-state index contributed by atoms with van der Waals surface area (Å²) in [5.41, 5.74) is 0.607. The van der Waals surface area contributed by atoms with Crippen molar-refractivity contribution in [3.05, 3.63) is 41.9 Å².